The maximum absolute atomic E-state index is 6.03. The summed E-state index contributed by atoms with van der Waals surface area (Å²) < 4.78 is 5.61. The van der Waals surface area contributed by atoms with Crippen LogP contribution in [0.2, 0.25) is 0 Å². The molecule has 0 amide bonds. The van der Waals surface area contributed by atoms with E-state index in [0.29, 0.717) is 6.42 Å². The van der Waals surface area contributed by atoms with Gasteiger partial charge in [0.25, 0.3) is 0 Å². The van der Waals surface area contributed by atoms with Gasteiger partial charge in [-0.05, 0) is 38.0 Å². The van der Waals surface area contributed by atoms with E-state index >= 15 is 0 Å². The van der Waals surface area contributed by atoms with E-state index in [9.17, 15) is 0 Å². The van der Waals surface area contributed by atoms with Gasteiger partial charge >= 0.3 is 0 Å². The first kappa shape index (κ1) is 12.6. The van der Waals surface area contributed by atoms with Crippen molar-refractivity contribution < 1.29 is 4.74 Å². The molecule has 0 heterocycles. The minimum atomic E-state index is -0.00763. The van der Waals surface area contributed by atoms with Gasteiger partial charge in [-0.3, -0.25) is 0 Å². The molecule has 2 N–H and O–H groups in total. The number of hydrogen-bond acceptors (Lipinski definition) is 2. The Balaban J connectivity index is 2.70. The van der Waals surface area contributed by atoms with Crippen LogP contribution >= 0.6 is 0 Å². The second-order valence-electron chi connectivity index (χ2n) is 4.09. The predicted octanol–water partition coefficient (Wildman–Crippen LogP) is 2.89. The molecular weight excluding hydrogens is 198 g/mol. The molecule has 0 aliphatic carbocycles. The Morgan fingerprint density at radius 2 is 2.19 bits per heavy atom. The topological polar surface area (TPSA) is 35.2 Å². The summed E-state index contributed by atoms with van der Waals surface area (Å²) in [6.07, 6.45) is 6.91. The highest BCUT2D eigenvalue weighted by atomic mass is 16.5. The SMILES string of the molecule is C#CCCC(N)c1cccc(OC(C)C)c1. The Morgan fingerprint density at radius 1 is 1.44 bits per heavy atom. The minimum absolute atomic E-state index is 0.00763. The van der Waals surface area contributed by atoms with Crippen molar-refractivity contribution >= 4 is 0 Å². The number of rotatable bonds is 5. The fourth-order valence-electron chi connectivity index (χ4n) is 1.50. The Kier molecular flexibility index (Phi) is 4.88. The van der Waals surface area contributed by atoms with Crippen molar-refractivity contribution in [1.29, 1.82) is 0 Å². The second kappa shape index (κ2) is 6.19. The largest absolute Gasteiger partial charge is 0.491 e. The maximum Gasteiger partial charge on any atom is 0.120 e. The third-order valence-corrected chi connectivity index (χ3v) is 2.26. The molecule has 1 aromatic rings. The Morgan fingerprint density at radius 3 is 2.81 bits per heavy atom. The van der Waals surface area contributed by atoms with Crippen molar-refractivity contribution in [2.45, 2.75) is 38.8 Å². The van der Waals surface area contributed by atoms with E-state index in [1.807, 2.05) is 38.1 Å². The normalized spacial score (nSPS) is 12.2. The summed E-state index contributed by atoms with van der Waals surface area (Å²) in [5.41, 5.74) is 7.11. The second-order valence-corrected chi connectivity index (χ2v) is 4.09. The molecule has 0 bridgehead atoms. The highest BCUT2D eigenvalue weighted by Gasteiger charge is 2.06. The van der Waals surface area contributed by atoms with Gasteiger partial charge < -0.3 is 10.5 Å². The van der Waals surface area contributed by atoms with E-state index in [1.54, 1.807) is 0 Å². The van der Waals surface area contributed by atoms with Crippen molar-refractivity contribution in [3.63, 3.8) is 0 Å². The molecule has 0 aliphatic rings. The van der Waals surface area contributed by atoms with Gasteiger partial charge in [0.05, 0.1) is 6.10 Å². The van der Waals surface area contributed by atoms with E-state index in [2.05, 4.69) is 5.92 Å². The zero-order valence-corrected chi connectivity index (χ0v) is 9.94. The molecule has 0 saturated heterocycles. The Bertz CT molecular complexity index is 365. The summed E-state index contributed by atoms with van der Waals surface area (Å²) in [6.45, 7) is 4.01. The fraction of sp³-hybridized carbons (Fsp3) is 0.429. The van der Waals surface area contributed by atoms with Gasteiger partial charge in [0.15, 0.2) is 0 Å². The maximum atomic E-state index is 6.03. The lowest BCUT2D eigenvalue weighted by atomic mass is 10.0. The number of hydrogen-bond donors (Lipinski definition) is 1. The number of benzene rings is 1. The van der Waals surface area contributed by atoms with E-state index in [4.69, 9.17) is 16.9 Å². The molecule has 0 spiro atoms. The lowest BCUT2D eigenvalue weighted by Crippen LogP contribution is -2.11. The highest BCUT2D eigenvalue weighted by molar-refractivity contribution is 5.30. The van der Waals surface area contributed by atoms with Crippen LogP contribution in [0.4, 0.5) is 0 Å². The van der Waals surface area contributed by atoms with Gasteiger partial charge in [-0.2, -0.15) is 0 Å². The summed E-state index contributed by atoms with van der Waals surface area (Å²) >= 11 is 0. The van der Waals surface area contributed by atoms with Crippen LogP contribution in [0.15, 0.2) is 24.3 Å². The predicted molar refractivity (Wildman–Crippen MR) is 67.2 cm³/mol. The lowest BCUT2D eigenvalue weighted by molar-refractivity contribution is 0.242. The van der Waals surface area contributed by atoms with Crippen LogP contribution in [0.25, 0.3) is 0 Å². The van der Waals surface area contributed by atoms with Crippen LogP contribution in [0, 0.1) is 12.3 Å². The van der Waals surface area contributed by atoms with Crippen LogP contribution in [0.5, 0.6) is 5.75 Å². The van der Waals surface area contributed by atoms with Gasteiger partial charge in [-0.15, -0.1) is 12.3 Å². The van der Waals surface area contributed by atoms with Crippen molar-refractivity contribution in [2.24, 2.45) is 5.73 Å². The van der Waals surface area contributed by atoms with Crippen LogP contribution < -0.4 is 10.5 Å². The molecule has 1 aromatic carbocycles. The third-order valence-electron chi connectivity index (χ3n) is 2.26. The first-order valence-corrected chi connectivity index (χ1v) is 5.59. The molecule has 1 atom stereocenters. The van der Waals surface area contributed by atoms with Crippen molar-refractivity contribution in [3.8, 4) is 18.1 Å². The molecule has 0 saturated carbocycles. The third kappa shape index (κ3) is 3.96. The molecule has 0 aliphatic heterocycles. The molecular formula is C14H19NO. The Hall–Kier alpha value is -1.46. The molecule has 0 fully saturated rings. The van der Waals surface area contributed by atoms with Gasteiger partial charge in [0.1, 0.15) is 5.75 Å². The summed E-state index contributed by atoms with van der Waals surface area (Å²) in [4.78, 5) is 0. The molecule has 1 rings (SSSR count). The first-order chi connectivity index (χ1) is 7.63. The summed E-state index contributed by atoms with van der Waals surface area (Å²) in [5.74, 6) is 3.47. The summed E-state index contributed by atoms with van der Waals surface area (Å²) in [7, 11) is 0. The van der Waals surface area contributed by atoms with Crippen LogP contribution in [-0.2, 0) is 0 Å². The average molecular weight is 217 g/mol. The highest BCUT2D eigenvalue weighted by Crippen LogP contribution is 2.21. The quantitative estimate of drug-likeness (QED) is 0.770. The van der Waals surface area contributed by atoms with E-state index in [-0.39, 0.29) is 12.1 Å². The Labute approximate surface area is 97.8 Å². The van der Waals surface area contributed by atoms with E-state index < -0.39 is 0 Å². The van der Waals surface area contributed by atoms with Gasteiger partial charge in [0.2, 0.25) is 0 Å². The van der Waals surface area contributed by atoms with E-state index in [1.165, 1.54) is 0 Å². The van der Waals surface area contributed by atoms with Gasteiger partial charge in [0, 0.05) is 12.5 Å². The van der Waals surface area contributed by atoms with Gasteiger partial charge in [-0.25, -0.2) is 0 Å². The van der Waals surface area contributed by atoms with E-state index in [0.717, 1.165) is 17.7 Å². The molecule has 2 nitrogen and oxygen atoms in total. The van der Waals surface area contributed by atoms with Crippen LogP contribution in [-0.4, -0.2) is 6.10 Å². The van der Waals surface area contributed by atoms with Crippen molar-refractivity contribution in [1.82, 2.24) is 0 Å². The number of ether oxygens (including phenoxy) is 1. The molecule has 86 valence electrons. The molecule has 1 unspecified atom stereocenters. The van der Waals surface area contributed by atoms with Gasteiger partial charge in [-0.1, -0.05) is 12.1 Å². The zero-order chi connectivity index (χ0) is 12.0. The summed E-state index contributed by atoms with van der Waals surface area (Å²) in [6, 6.07) is 7.89. The van der Waals surface area contributed by atoms with Crippen molar-refractivity contribution in [3.05, 3.63) is 29.8 Å². The van der Waals surface area contributed by atoms with Crippen LogP contribution in [0.1, 0.15) is 38.3 Å². The zero-order valence-electron chi connectivity index (χ0n) is 9.94. The number of terminal acetylenes is 1. The molecule has 16 heavy (non-hydrogen) atoms. The van der Waals surface area contributed by atoms with Crippen LogP contribution in [0.3, 0.4) is 0 Å². The molecule has 2 heteroatoms. The minimum Gasteiger partial charge on any atom is -0.491 e. The number of nitrogens with two attached hydrogens (primary N) is 1. The smallest absolute Gasteiger partial charge is 0.120 e. The first-order valence-electron chi connectivity index (χ1n) is 5.59. The fourth-order valence-corrected chi connectivity index (χ4v) is 1.50. The van der Waals surface area contributed by atoms with Crippen molar-refractivity contribution in [2.75, 3.05) is 0 Å². The lowest BCUT2D eigenvalue weighted by Gasteiger charge is -2.14. The standard InChI is InChI=1S/C14H19NO/c1-4-5-9-14(15)12-7-6-8-13(10-12)16-11(2)3/h1,6-8,10-11,14H,5,9,15H2,2-3H3. The molecule has 0 radical (unpaired) electrons. The molecule has 0 aromatic heterocycles. The summed E-state index contributed by atoms with van der Waals surface area (Å²) in [5, 5.41) is 0. The monoisotopic (exact) mass is 217 g/mol. The average Bonchev–Trinajstić information content (AvgIpc) is 2.25.